The number of alkyl halides is 1. The molecule has 0 radical (unpaired) electrons. The Morgan fingerprint density at radius 1 is 1.06 bits per heavy atom. The minimum atomic E-state index is 0.111. The van der Waals surface area contributed by atoms with Crippen LogP contribution in [-0.2, 0) is 0 Å². The molecule has 2 aromatic carbocycles. The Balaban J connectivity index is 2.43. The molecule has 2 aromatic rings. The summed E-state index contributed by atoms with van der Waals surface area (Å²) < 4.78 is 0. The molecule has 0 aliphatic rings. The van der Waals surface area contributed by atoms with Gasteiger partial charge in [0.15, 0.2) is 5.78 Å². The third-order valence-corrected chi connectivity index (χ3v) is 3.17. The van der Waals surface area contributed by atoms with Gasteiger partial charge in [0.1, 0.15) is 0 Å². The highest BCUT2D eigenvalue weighted by atomic mass is 79.9. The Morgan fingerprint density at radius 3 is 2.35 bits per heavy atom. The van der Waals surface area contributed by atoms with E-state index in [0.717, 1.165) is 16.7 Å². The molecule has 0 fully saturated rings. The number of hydrogen-bond donors (Lipinski definition) is 0. The van der Waals surface area contributed by atoms with Crippen molar-refractivity contribution in [1.82, 2.24) is 0 Å². The topological polar surface area (TPSA) is 17.1 Å². The zero-order valence-electron chi connectivity index (χ0n) is 9.61. The molecule has 17 heavy (non-hydrogen) atoms. The van der Waals surface area contributed by atoms with E-state index in [1.807, 2.05) is 30.3 Å². The molecule has 1 nitrogen and oxygen atoms in total. The summed E-state index contributed by atoms with van der Waals surface area (Å²) in [5.74, 6) is 0.111. The molecule has 0 aromatic heterocycles. The fraction of sp³-hybridized carbons (Fsp3) is 0.133. The molecular formula is C15H13BrO. The Hall–Kier alpha value is -1.41. The minimum absolute atomic E-state index is 0.111. The summed E-state index contributed by atoms with van der Waals surface area (Å²) in [5, 5.41) is 0.365. The van der Waals surface area contributed by atoms with Crippen LogP contribution < -0.4 is 0 Å². The number of halogens is 1. The lowest BCUT2D eigenvalue weighted by molar-refractivity contribution is 0.102. The quantitative estimate of drug-likeness (QED) is 0.610. The molecule has 0 N–H and O–H groups in total. The molecular weight excluding hydrogens is 276 g/mol. The molecule has 86 valence electrons. The minimum Gasteiger partial charge on any atom is -0.293 e. The van der Waals surface area contributed by atoms with Gasteiger partial charge in [-0.15, -0.1) is 0 Å². The van der Waals surface area contributed by atoms with Crippen molar-refractivity contribution >= 4 is 21.7 Å². The summed E-state index contributed by atoms with van der Waals surface area (Å²) in [7, 11) is 0. The number of hydrogen-bond acceptors (Lipinski definition) is 1. The van der Waals surface area contributed by atoms with E-state index in [1.54, 1.807) is 0 Å². The third-order valence-electron chi connectivity index (χ3n) is 2.66. The highest BCUT2D eigenvalue weighted by Gasteiger charge is 2.05. The second kappa shape index (κ2) is 5.28. The highest BCUT2D eigenvalue weighted by molar-refractivity contribution is 9.09. The van der Waals surface area contributed by atoms with Crippen LogP contribution in [0.25, 0.3) is 11.1 Å². The lowest BCUT2D eigenvalue weighted by atomic mass is 10.0. The SMILES string of the molecule is Cc1cccc(-c2cccc(C(=O)CBr)c2)c1. The molecule has 0 heterocycles. The number of benzene rings is 2. The van der Waals surface area contributed by atoms with Crippen molar-refractivity contribution in [2.75, 3.05) is 5.33 Å². The van der Waals surface area contributed by atoms with E-state index >= 15 is 0 Å². The summed E-state index contributed by atoms with van der Waals surface area (Å²) in [4.78, 5) is 11.6. The van der Waals surface area contributed by atoms with Crippen LogP contribution in [0.4, 0.5) is 0 Å². The first-order valence-electron chi connectivity index (χ1n) is 5.47. The monoisotopic (exact) mass is 288 g/mol. The molecule has 0 saturated carbocycles. The van der Waals surface area contributed by atoms with Crippen molar-refractivity contribution in [1.29, 1.82) is 0 Å². The number of Topliss-reactive ketones (excluding diaryl/α,β-unsaturated/α-hetero) is 1. The molecule has 0 aliphatic carbocycles. The molecule has 0 atom stereocenters. The number of carbonyl (C=O) groups excluding carboxylic acids is 1. The molecule has 0 amide bonds. The van der Waals surface area contributed by atoms with Gasteiger partial charge in [-0.2, -0.15) is 0 Å². The zero-order chi connectivity index (χ0) is 12.3. The summed E-state index contributed by atoms with van der Waals surface area (Å²) in [5.41, 5.74) is 4.20. The van der Waals surface area contributed by atoms with Crippen molar-refractivity contribution in [3.8, 4) is 11.1 Å². The van der Waals surface area contributed by atoms with Crippen LogP contribution in [0.1, 0.15) is 15.9 Å². The third kappa shape index (κ3) is 2.83. The normalized spacial score (nSPS) is 10.2. The van der Waals surface area contributed by atoms with Crippen LogP contribution in [0, 0.1) is 6.92 Å². The average molecular weight is 289 g/mol. The zero-order valence-corrected chi connectivity index (χ0v) is 11.2. The van der Waals surface area contributed by atoms with E-state index in [9.17, 15) is 4.79 Å². The lowest BCUT2D eigenvalue weighted by Crippen LogP contribution is -1.99. The molecule has 2 rings (SSSR count). The predicted octanol–water partition coefficient (Wildman–Crippen LogP) is 4.24. The molecule has 0 bridgehead atoms. The van der Waals surface area contributed by atoms with Gasteiger partial charge >= 0.3 is 0 Å². The van der Waals surface area contributed by atoms with Gasteiger partial charge in [0.05, 0.1) is 5.33 Å². The maximum Gasteiger partial charge on any atom is 0.173 e. The number of aryl methyl sites for hydroxylation is 1. The van der Waals surface area contributed by atoms with E-state index < -0.39 is 0 Å². The van der Waals surface area contributed by atoms with Crippen LogP contribution in [0.2, 0.25) is 0 Å². The van der Waals surface area contributed by atoms with Crippen molar-refractivity contribution in [3.05, 3.63) is 59.7 Å². The van der Waals surface area contributed by atoms with E-state index in [4.69, 9.17) is 0 Å². The maximum absolute atomic E-state index is 11.6. The lowest BCUT2D eigenvalue weighted by Gasteiger charge is -2.05. The van der Waals surface area contributed by atoms with Crippen molar-refractivity contribution in [3.63, 3.8) is 0 Å². The molecule has 2 heteroatoms. The highest BCUT2D eigenvalue weighted by Crippen LogP contribution is 2.21. The van der Waals surface area contributed by atoms with Crippen LogP contribution in [0.3, 0.4) is 0 Å². The van der Waals surface area contributed by atoms with Crippen molar-refractivity contribution < 1.29 is 4.79 Å². The first kappa shape index (κ1) is 12.1. The first-order valence-corrected chi connectivity index (χ1v) is 6.59. The average Bonchev–Trinajstić information content (AvgIpc) is 2.38. The molecule has 0 unspecified atom stereocenters. The Kier molecular flexibility index (Phi) is 3.75. The summed E-state index contributed by atoms with van der Waals surface area (Å²) in [6, 6.07) is 16.0. The summed E-state index contributed by atoms with van der Waals surface area (Å²) >= 11 is 3.19. The number of rotatable bonds is 3. The van der Waals surface area contributed by atoms with Crippen LogP contribution >= 0.6 is 15.9 Å². The second-order valence-corrected chi connectivity index (χ2v) is 4.57. The standard InChI is InChI=1S/C15H13BrO/c1-11-4-2-5-12(8-11)13-6-3-7-14(9-13)15(17)10-16/h2-9H,10H2,1H3. The van der Waals surface area contributed by atoms with Gasteiger partial charge in [-0.3, -0.25) is 4.79 Å². The second-order valence-electron chi connectivity index (χ2n) is 4.01. The van der Waals surface area contributed by atoms with Gasteiger partial charge in [-0.05, 0) is 24.1 Å². The van der Waals surface area contributed by atoms with Crippen molar-refractivity contribution in [2.45, 2.75) is 6.92 Å². The van der Waals surface area contributed by atoms with E-state index in [1.165, 1.54) is 5.56 Å². The fourth-order valence-electron chi connectivity index (χ4n) is 1.77. The van der Waals surface area contributed by atoms with Gasteiger partial charge in [0.2, 0.25) is 0 Å². The van der Waals surface area contributed by atoms with Crippen LogP contribution in [-0.4, -0.2) is 11.1 Å². The van der Waals surface area contributed by atoms with Gasteiger partial charge in [0, 0.05) is 5.56 Å². The maximum atomic E-state index is 11.6. The van der Waals surface area contributed by atoms with Crippen LogP contribution in [0.15, 0.2) is 48.5 Å². The smallest absolute Gasteiger partial charge is 0.173 e. The Morgan fingerprint density at radius 2 is 1.71 bits per heavy atom. The van der Waals surface area contributed by atoms with Crippen molar-refractivity contribution in [2.24, 2.45) is 0 Å². The van der Waals surface area contributed by atoms with Gasteiger partial charge < -0.3 is 0 Å². The largest absolute Gasteiger partial charge is 0.293 e. The summed E-state index contributed by atoms with van der Waals surface area (Å²) in [6.45, 7) is 2.07. The fourth-order valence-corrected chi connectivity index (χ4v) is 2.10. The predicted molar refractivity (Wildman–Crippen MR) is 74.7 cm³/mol. The van der Waals surface area contributed by atoms with Gasteiger partial charge in [0.25, 0.3) is 0 Å². The molecule has 0 aliphatic heterocycles. The first-order chi connectivity index (χ1) is 8.20. The van der Waals surface area contributed by atoms with E-state index in [2.05, 4.69) is 41.1 Å². The molecule has 0 spiro atoms. The van der Waals surface area contributed by atoms with E-state index in [-0.39, 0.29) is 5.78 Å². The van der Waals surface area contributed by atoms with Crippen LogP contribution in [0.5, 0.6) is 0 Å². The molecule has 0 saturated heterocycles. The Bertz CT molecular complexity index is 546. The number of carbonyl (C=O) groups is 1. The number of ketones is 1. The summed E-state index contributed by atoms with van der Waals surface area (Å²) in [6.07, 6.45) is 0. The Labute approximate surface area is 110 Å². The van der Waals surface area contributed by atoms with E-state index in [0.29, 0.717) is 5.33 Å². The van der Waals surface area contributed by atoms with Gasteiger partial charge in [-0.25, -0.2) is 0 Å². The van der Waals surface area contributed by atoms with Gasteiger partial charge in [-0.1, -0.05) is 64.0 Å².